The summed E-state index contributed by atoms with van der Waals surface area (Å²) in [6.45, 7) is 4.93. The molecule has 0 aliphatic heterocycles. The molecule has 0 spiro atoms. The van der Waals surface area contributed by atoms with Gasteiger partial charge in [-0.1, -0.05) is 38.1 Å². The highest BCUT2D eigenvalue weighted by molar-refractivity contribution is 7.14. The molecule has 37 heavy (non-hydrogen) atoms. The van der Waals surface area contributed by atoms with Gasteiger partial charge in [0.25, 0.3) is 5.91 Å². The Bertz CT molecular complexity index is 1190. The molecule has 0 aliphatic carbocycles. The number of rotatable bonds is 11. The fourth-order valence-corrected chi connectivity index (χ4v) is 4.43. The number of nitrogens with one attached hydrogen (secondary N) is 1. The predicted octanol–water partition coefficient (Wildman–Crippen LogP) is 6.76. The van der Waals surface area contributed by atoms with Gasteiger partial charge in [-0.3, -0.25) is 9.59 Å². The van der Waals surface area contributed by atoms with Crippen LogP contribution < -0.4 is 10.1 Å². The van der Waals surface area contributed by atoms with Crippen LogP contribution in [0.4, 0.5) is 13.2 Å². The second kappa shape index (κ2) is 12.3. The third-order valence-electron chi connectivity index (χ3n) is 5.81. The highest BCUT2D eigenvalue weighted by Crippen LogP contribution is 2.32. The molecular formula is C28H30F3NO4S. The smallest absolute Gasteiger partial charge is 0.416 e. The van der Waals surface area contributed by atoms with Crippen molar-refractivity contribution in [1.82, 2.24) is 5.32 Å². The van der Waals surface area contributed by atoms with E-state index in [1.165, 1.54) is 30.6 Å². The summed E-state index contributed by atoms with van der Waals surface area (Å²) in [5.41, 5.74) is 0.713. The Labute approximate surface area is 218 Å². The van der Waals surface area contributed by atoms with E-state index in [9.17, 15) is 22.8 Å². The van der Waals surface area contributed by atoms with Crippen LogP contribution in [0.2, 0.25) is 0 Å². The molecule has 0 aliphatic rings. The molecule has 0 atom stereocenters. The Morgan fingerprint density at radius 2 is 1.54 bits per heavy atom. The lowest BCUT2D eigenvalue weighted by Crippen LogP contribution is -2.25. The normalized spacial score (nSPS) is 11.7. The SMILES string of the molecule is COC(=O)CCNC(=O)c1ccc(CCC(C)(C)COc2ccc(-c3ccc(C(F)(F)F)cc3)cc2)s1. The lowest BCUT2D eigenvalue weighted by molar-refractivity contribution is -0.140. The maximum Gasteiger partial charge on any atom is 0.416 e. The number of methoxy groups -OCH3 is 1. The molecule has 2 aromatic carbocycles. The zero-order valence-corrected chi connectivity index (χ0v) is 21.8. The van der Waals surface area contributed by atoms with E-state index in [1.807, 2.05) is 30.3 Å². The molecule has 0 radical (unpaired) electrons. The Morgan fingerprint density at radius 3 is 2.14 bits per heavy atom. The fourth-order valence-electron chi connectivity index (χ4n) is 3.51. The molecule has 0 fully saturated rings. The summed E-state index contributed by atoms with van der Waals surface area (Å²) >= 11 is 1.43. The van der Waals surface area contributed by atoms with Crippen molar-refractivity contribution in [2.75, 3.05) is 20.3 Å². The van der Waals surface area contributed by atoms with Gasteiger partial charge in [0.2, 0.25) is 0 Å². The van der Waals surface area contributed by atoms with Gasteiger partial charge >= 0.3 is 12.1 Å². The van der Waals surface area contributed by atoms with E-state index >= 15 is 0 Å². The quantitative estimate of drug-likeness (QED) is 0.277. The number of hydrogen-bond acceptors (Lipinski definition) is 5. The number of amides is 1. The number of thiophene rings is 1. The summed E-state index contributed by atoms with van der Waals surface area (Å²) in [6, 6.07) is 16.1. The number of ether oxygens (including phenoxy) is 2. The van der Waals surface area contributed by atoms with Crippen LogP contribution >= 0.6 is 11.3 Å². The van der Waals surface area contributed by atoms with E-state index in [0.717, 1.165) is 35.4 Å². The van der Waals surface area contributed by atoms with Crippen molar-refractivity contribution in [3.05, 3.63) is 76.0 Å². The van der Waals surface area contributed by atoms with Gasteiger partial charge in [-0.15, -0.1) is 11.3 Å². The van der Waals surface area contributed by atoms with Gasteiger partial charge < -0.3 is 14.8 Å². The number of carbonyl (C=O) groups excluding carboxylic acids is 2. The number of benzene rings is 2. The van der Waals surface area contributed by atoms with Crippen molar-refractivity contribution in [1.29, 1.82) is 0 Å². The molecule has 3 rings (SSSR count). The Balaban J connectivity index is 1.47. The van der Waals surface area contributed by atoms with Gasteiger partial charge in [-0.2, -0.15) is 13.2 Å². The monoisotopic (exact) mass is 533 g/mol. The van der Waals surface area contributed by atoms with Crippen LogP contribution in [0.3, 0.4) is 0 Å². The van der Waals surface area contributed by atoms with E-state index in [0.29, 0.717) is 22.8 Å². The highest BCUT2D eigenvalue weighted by atomic mass is 32.1. The van der Waals surface area contributed by atoms with Gasteiger partial charge in [0.1, 0.15) is 5.75 Å². The van der Waals surface area contributed by atoms with Crippen molar-refractivity contribution in [2.24, 2.45) is 5.41 Å². The summed E-state index contributed by atoms with van der Waals surface area (Å²) in [7, 11) is 1.31. The van der Waals surface area contributed by atoms with Crippen LogP contribution in [-0.2, 0) is 22.1 Å². The van der Waals surface area contributed by atoms with Crippen LogP contribution in [0, 0.1) is 5.41 Å². The van der Waals surface area contributed by atoms with Crippen LogP contribution in [0.5, 0.6) is 5.75 Å². The van der Waals surface area contributed by atoms with Gasteiger partial charge in [0.05, 0.1) is 30.6 Å². The number of aryl methyl sites for hydroxylation is 1. The largest absolute Gasteiger partial charge is 0.493 e. The number of alkyl halides is 3. The highest BCUT2D eigenvalue weighted by Gasteiger charge is 2.30. The minimum absolute atomic E-state index is 0.126. The molecular weight excluding hydrogens is 503 g/mol. The van der Waals surface area contributed by atoms with Gasteiger partial charge in [0, 0.05) is 11.4 Å². The minimum atomic E-state index is -4.35. The van der Waals surface area contributed by atoms with Crippen molar-refractivity contribution < 1.29 is 32.2 Å². The Kier molecular flexibility index (Phi) is 9.37. The molecule has 1 N–H and O–H groups in total. The maximum absolute atomic E-state index is 12.8. The number of carbonyl (C=O) groups is 2. The molecule has 0 saturated carbocycles. The molecule has 5 nitrogen and oxygen atoms in total. The minimum Gasteiger partial charge on any atom is -0.493 e. The molecule has 0 saturated heterocycles. The zero-order valence-electron chi connectivity index (χ0n) is 21.0. The standard InChI is InChI=1S/C28H30F3NO4S/c1-27(2,16-14-23-12-13-24(37-23)26(34)32-17-15-25(33)35-3)18-36-22-10-6-20(7-11-22)19-4-8-21(9-5-19)28(29,30)31/h4-13H,14-18H2,1-3H3,(H,32,34). The average Bonchev–Trinajstić information content (AvgIpc) is 3.35. The van der Waals surface area contributed by atoms with E-state index in [4.69, 9.17) is 4.74 Å². The second-order valence-electron chi connectivity index (χ2n) is 9.40. The van der Waals surface area contributed by atoms with Gasteiger partial charge in [-0.05, 0) is 65.8 Å². The van der Waals surface area contributed by atoms with E-state index in [-0.39, 0.29) is 30.3 Å². The molecule has 3 aromatic rings. The number of hydrogen-bond donors (Lipinski definition) is 1. The van der Waals surface area contributed by atoms with Crippen LogP contribution in [0.1, 0.15) is 46.8 Å². The molecule has 9 heteroatoms. The molecule has 1 amide bonds. The predicted molar refractivity (Wildman–Crippen MR) is 138 cm³/mol. The van der Waals surface area contributed by atoms with Gasteiger partial charge in [-0.25, -0.2) is 0 Å². The average molecular weight is 534 g/mol. The van der Waals surface area contributed by atoms with Crippen molar-refractivity contribution >= 4 is 23.2 Å². The second-order valence-corrected chi connectivity index (χ2v) is 10.6. The summed E-state index contributed by atoms with van der Waals surface area (Å²) in [5.74, 6) is 0.111. The van der Waals surface area contributed by atoms with Crippen LogP contribution in [0.25, 0.3) is 11.1 Å². The first-order valence-electron chi connectivity index (χ1n) is 11.8. The van der Waals surface area contributed by atoms with Crippen molar-refractivity contribution in [3.8, 4) is 16.9 Å². The third kappa shape index (κ3) is 8.63. The summed E-state index contributed by atoms with van der Waals surface area (Å²) < 4.78 is 48.9. The van der Waals surface area contributed by atoms with Crippen LogP contribution in [-0.4, -0.2) is 32.1 Å². The first-order valence-corrected chi connectivity index (χ1v) is 12.6. The van der Waals surface area contributed by atoms with Crippen LogP contribution in [0.15, 0.2) is 60.7 Å². The third-order valence-corrected chi connectivity index (χ3v) is 6.95. The van der Waals surface area contributed by atoms with Crippen molar-refractivity contribution in [2.45, 2.75) is 39.3 Å². The molecule has 198 valence electrons. The summed E-state index contributed by atoms with van der Waals surface area (Å²) in [5, 5.41) is 2.72. The zero-order chi connectivity index (χ0) is 27.1. The summed E-state index contributed by atoms with van der Waals surface area (Å²) in [6.07, 6.45) is -2.58. The van der Waals surface area contributed by atoms with E-state index in [2.05, 4.69) is 23.9 Å². The first-order chi connectivity index (χ1) is 17.5. The lowest BCUT2D eigenvalue weighted by atomic mass is 9.88. The first kappa shape index (κ1) is 28.2. The molecule has 1 aromatic heterocycles. The summed E-state index contributed by atoms with van der Waals surface area (Å²) in [4.78, 5) is 25.1. The Morgan fingerprint density at radius 1 is 0.919 bits per heavy atom. The van der Waals surface area contributed by atoms with E-state index in [1.54, 1.807) is 6.07 Å². The maximum atomic E-state index is 12.8. The number of esters is 1. The Hall–Kier alpha value is -3.33. The lowest BCUT2D eigenvalue weighted by Gasteiger charge is -2.24. The van der Waals surface area contributed by atoms with Gasteiger partial charge in [0.15, 0.2) is 0 Å². The van der Waals surface area contributed by atoms with E-state index < -0.39 is 11.7 Å². The number of halogens is 3. The molecule has 0 bridgehead atoms. The van der Waals surface area contributed by atoms with Crippen molar-refractivity contribution in [3.63, 3.8) is 0 Å². The molecule has 0 unspecified atom stereocenters. The molecule has 1 heterocycles. The fraction of sp³-hybridized carbons (Fsp3) is 0.357. The topological polar surface area (TPSA) is 64.6 Å².